The quantitative estimate of drug-likeness (QED) is 0.788. The van der Waals surface area contributed by atoms with Crippen LogP contribution in [0.25, 0.3) is 0 Å². The lowest BCUT2D eigenvalue weighted by Crippen LogP contribution is -2.50. The van der Waals surface area contributed by atoms with E-state index in [2.05, 4.69) is 13.8 Å². The monoisotopic (exact) mass is 281 g/mol. The van der Waals surface area contributed by atoms with Crippen LogP contribution >= 0.6 is 0 Å². The van der Waals surface area contributed by atoms with Gasteiger partial charge in [-0.25, -0.2) is 0 Å². The molecule has 20 heavy (non-hydrogen) atoms. The topological polar surface area (TPSA) is 57.6 Å². The highest BCUT2D eigenvalue weighted by molar-refractivity contribution is 5.98. The van der Waals surface area contributed by atoms with E-state index < -0.39 is 0 Å². The number of carbonyl (C=O) groups is 2. The molecule has 0 unspecified atom stereocenters. The Labute approximate surface area is 121 Å². The largest absolute Gasteiger partial charge is 0.396 e. The third-order valence-electron chi connectivity index (χ3n) is 4.92. The Morgan fingerprint density at radius 2 is 1.70 bits per heavy atom. The van der Waals surface area contributed by atoms with Crippen LogP contribution in [0.3, 0.4) is 0 Å². The molecule has 0 aromatic heterocycles. The van der Waals surface area contributed by atoms with Gasteiger partial charge in [0.15, 0.2) is 0 Å². The van der Waals surface area contributed by atoms with E-state index in [-0.39, 0.29) is 29.3 Å². The fourth-order valence-corrected chi connectivity index (χ4v) is 3.75. The highest BCUT2D eigenvalue weighted by atomic mass is 16.3. The summed E-state index contributed by atoms with van der Waals surface area (Å²) >= 11 is 0. The van der Waals surface area contributed by atoms with E-state index in [0.717, 1.165) is 32.1 Å². The summed E-state index contributed by atoms with van der Waals surface area (Å²) in [6.45, 7) is 4.77. The SMILES string of the molecule is CC(C)(CCCO)CN1C(=O)CC2(CCCC2)CC1=O. The van der Waals surface area contributed by atoms with Gasteiger partial charge < -0.3 is 5.11 Å². The van der Waals surface area contributed by atoms with Crippen LogP contribution in [0.1, 0.15) is 65.2 Å². The van der Waals surface area contributed by atoms with E-state index in [1.807, 2.05) is 0 Å². The normalized spacial score (nSPS) is 22.9. The smallest absolute Gasteiger partial charge is 0.229 e. The number of rotatable bonds is 5. The van der Waals surface area contributed by atoms with Gasteiger partial charge in [0.25, 0.3) is 0 Å². The molecule has 0 aromatic rings. The maximum absolute atomic E-state index is 12.4. The minimum Gasteiger partial charge on any atom is -0.396 e. The van der Waals surface area contributed by atoms with Crippen molar-refractivity contribution in [2.45, 2.75) is 65.2 Å². The van der Waals surface area contributed by atoms with Crippen LogP contribution in [0.2, 0.25) is 0 Å². The van der Waals surface area contributed by atoms with E-state index in [1.165, 1.54) is 4.90 Å². The molecule has 1 saturated heterocycles. The van der Waals surface area contributed by atoms with Crippen LogP contribution in [0.5, 0.6) is 0 Å². The number of likely N-dealkylation sites (tertiary alicyclic amines) is 1. The molecule has 0 radical (unpaired) electrons. The Bertz CT molecular complexity index is 363. The lowest BCUT2D eigenvalue weighted by Gasteiger charge is -2.40. The van der Waals surface area contributed by atoms with Gasteiger partial charge in [0.05, 0.1) is 0 Å². The van der Waals surface area contributed by atoms with Crippen LogP contribution in [0, 0.1) is 10.8 Å². The number of aliphatic hydroxyl groups is 1. The predicted molar refractivity (Wildman–Crippen MR) is 77.0 cm³/mol. The molecule has 1 aliphatic carbocycles. The highest BCUT2D eigenvalue weighted by Gasteiger charge is 2.45. The molecule has 4 heteroatoms. The van der Waals surface area contributed by atoms with E-state index in [4.69, 9.17) is 5.11 Å². The molecule has 4 nitrogen and oxygen atoms in total. The summed E-state index contributed by atoms with van der Waals surface area (Å²) in [4.78, 5) is 26.2. The second-order valence-corrected chi connectivity index (χ2v) is 7.43. The van der Waals surface area contributed by atoms with Crippen molar-refractivity contribution in [3.8, 4) is 0 Å². The average Bonchev–Trinajstić information content (AvgIpc) is 2.80. The van der Waals surface area contributed by atoms with Crippen molar-refractivity contribution in [3.63, 3.8) is 0 Å². The van der Waals surface area contributed by atoms with Crippen molar-refractivity contribution < 1.29 is 14.7 Å². The van der Waals surface area contributed by atoms with Crippen molar-refractivity contribution in [1.82, 2.24) is 4.90 Å². The predicted octanol–water partition coefficient (Wildman–Crippen LogP) is 2.49. The number of aliphatic hydroxyl groups excluding tert-OH is 1. The van der Waals surface area contributed by atoms with Crippen molar-refractivity contribution in [2.24, 2.45) is 10.8 Å². The first-order valence-electron chi connectivity index (χ1n) is 7.82. The molecule has 2 amide bonds. The van der Waals surface area contributed by atoms with Gasteiger partial charge in [-0.05, 0) is 36.5 Å². The lowest BCUT2D eigenvalue weighted by atomic mass is 9.75. The number of amides is 2. The zero-order chi connectivity index (χ0) is 14.8. The summed E-state index contributed by atoms with van der Waals surface area (Å²) in [5.41, 5.74) is -0.131. The summed E-state index contributed by atoms with van der Waals surface area (Å²) in [7, 11) is 0. The summed E-state index contributed by atoms with van der Waals surface area (Å²) in [5, 5.41) is 8.93. The summed E-state index contributed by atoms with van der Waals surface area (Å²) in [6, 6.07) is 0. The number of carbonyl (C=O) groups excluding carboxylic acids is 2. The first-order chi connectivity index (χ1) is 9.37. The van der Waals surface area contributed by atoms with Gasteiger partial charge in [0.1, 0.15) is 0 Å². The molecular weight excluding hydrogens is 254 g/mol. The standard InChI is InChI=1S/C16H27NO3/c1-15(2,6-5-9-18)12-17-13(19)10-16(11-14(17)20)7-3-4-8-16/h18H,3-12H2,1-2H3. The molecule has 0 aromatic carbocycles. The highest BCUT2D eigenvalue weighted by Crippen LogP contribution is 2.47. The number of nitrogens with zero attached hydrogens (tertiary/aromatic N) is 1. The van der Waals surface area contributed by atoms with Crippen LogP contribution < -0.4 is 0 Å². The van der Waals surface area contributed by atoms with Crippen LogP contribution in [-0.4, -0.2) is 35.0 Å². The average molecular weight is 281 g/mol. The fourth-order valence-electron chi connectivity index (χ4n) is 3.75. The maximum atomic E-state index is 12.4. The van der Waals surface area contributed by atoms with E-state index in [9.17, 15) is 9.59 Å². The molecule has 2 aliphatic rings. The number of piperidine rings is 1. The molecular formula is C16H27NO3. The van der Waals surface area contributed by atoms with Gasteiger partial charge in [-0.15, -0.1) is 0 Å². The Morgan fingerprint density at radius 3 is 2.20 bits per heavy atom. The van der Waals surface area contributed by atoms with Crippen LogP contribution in [0.15, 0.2) is 0 Å². The van der Waals surface area contributed by atoms with Crippen molar-refractivity contribution in [1.29, 1.82) is 0 Å². The van der Waals surface area contributed by atoms with Crippen LogP contribution in [0.4, 0.5) is 0 Å². The first-order valence-corrected chi connectivity index (χ1v) is 7.82. The van der Waals surface area contributed by atoms with Gasteiger partial charge in [-0.2, -0.15) is 0 Å². The number of imide groups is 1. The first kappa shape index (κ1) is 15.5. The van der Waals surface area contributed by atoms with E-state index in [1.54, 1.807) is 0 Å². The molecule has 2 fully saturated rings. The van der Waals surface area contributed by atoms with Crippen molar-refractivity contribution in [3.05, 3.63) is 0 Å². The fraction of sp³-hybridized carbons (Fsp3) is 0.875. The number of hydrogen-bond donors (Lipinski definition) is 1. The van der Waals surface area contributed by atoms with Gasteiger partial charge in [-0.1, -0.05) is 26.7 Å². The second-order valence-electron chi connectivity index (χ2n) is 7.43. The Hall–Kier alpha value is -0.900. The minimum atomic E-state index is -0.117. The zero-order valence-electron chi connectivity index (χ0n) is 12.8. The van der Waals surface area contributed by atoms with Crippen molar-refractivity contribution in [2.75, 3.05) is 13.2 Å². The second kappa shape index (κ2) is 5.84. The van der Waals surface area contributed by atoms with Gasteiger partial charge >= 0.3 is 0 Å². The summed E-state index contributed by atoms with van der Waals surface area (Å²) < 4.78 is 0. The Kier molecular flexibility index (Phi) is 4.52. The maximum Gasteiger partial charge on any atom is 0.229 e. The van der Waals surface area contributed by atoms with Crippen molar-refractivity contribution >= 4 is 11.8 Å². The minimum absolute atomic E-state index is 0.0140. The molecule has 1 spiro atoms. The molecule has 2 rings (SSSR count). The third-order valence-corrected chi connectivity index (χ3v) is 4.92. The van der Waals surface area contributed by atoms with Gasteiger partial charge in [0.2, 0.25) is 11.8 Å². The third kappa shape index (κ3) is 3.40. The lowest BCUT2D eigenvalue weighted by molar-refractivity contribution is -0.155. The van der Waals surface area contributed by atoms with Gasteiger partial charge in [0, 0.05) is 26.0 Å². The Balaban J connectivity index is 1.99. The summed E-state index contributed by atoms with van der Waals surface area (Å²) in [5.74, 6) is 0.0282. The molecule has 1 saturated carbocycles. The van der Waals surface area contributed by atoms with Gasteiger partial charge in [-0.3, -0.25) is 14.5 Å². The van der Waals surface area contributed by atoms with Crippen LogP contribution in [-0.2, 0) is 9.59 Å². The Morgan fingerprint density at radius 1 is 1.15 bits per heavy atom. The zero-order valence-corrected chi connectivity index (χ0v) is 12.8. The molecule has 1 heterocycles. The number of hydrogen-bond acceptors (Lipinski definition) is 3. The molecule has 0 atom stereocenters. The van der Waals surface area contributed by atoms with E-state index in [0.29, 0.717) is 25.8 Å². The molecule has 1 N–H and O–H groups in total. The van der Waals surface area contributed by atoms with E-state index >= 15 is 0 Å². The molecule has 114 valence electrons. The molecule has 1 aliphatic heterocycles. The molecule has 0 bridgehead atoms. The summed E-state index contributed by atoms with van der Waals surface area (Å²) in [6.07, 6.45) is 7.02.